The highest BCUT2D eigenvalue weighted by Crippen LogP contribution is 2.29. The first kappa shape index (κ1) is 44.2. The van der Waals surface area contributed by atoms with E-state index in [1.54, 1.807) is 26.0 Å². The lowest BCUT2D eigenvalue weighted by molar-refractivity contribution is -0.120. The summed E-state index contributed by atoms with van der Waals surface area (Å²) in [5.74, 6) is -4.28. The van der Waals surface area contributed by atoms with Gasteiger partial charge in [-0.3, -0.25) is 19.2 Å². The van der Waals surface area contributed by atoms with Crippen LogP contribution in [0.25, 0.3) is 0 Å². The number of hydrogen-bond donors (Lipinski definition) is 5. The Morgan fingerprint density at radius 3 is 2.42 bits per heavy atom. The standard InChI is InChI=1S/C40H52N6O11/c1-21-14-26-32(43-18-25-10-12-46(13-11-25)38(51)33-27(39(52)53)19-42-20-44-33)29(47)17-28(35(26)49)45-37(50)22(2)8-7-9-30(55-5)36(57-40(41)54)24(4)16-23(3)34(48)31(15-21)56-6/h7-9,16-17,19-21,23,25,30-31,34,36,43,48H,10-15,18H2,1-6H3,(H2,41,54)(H,45,50)(H,52,53)/b9-7-,22-8+,24-16+/t21-,23+,30+,31+,34-,36+/m1/s1. The number of hydrogen-bond acceptors (Lipinski definition) is 13. The van der Waals surface area contributed by atoms with Crippen LogP contribution >= 0.6 is 0 Å². The van der Waals surface area contributed by atoms with E-state index in [1.807, 2.05) is 6.92 Å². The molecule has 3 aliphatic rings. The molecular weight excluding hydrogens is 740 g/mol. The van der Waals surface area contributed by atoms with E-state index in [9.17, 15) is 39.0 Å². The number of ether oxygens (including phenoxy) is 3. The molecule has 57 heavy (non-hydrogen) atoms. The van der Waals surface area contributed by atoms with Gasteiger partial charge >= 0.3 is 12.1 Å². The number of aromatic nitrogens is 2. The Kier molecular flexibility index (Phi) is 15.6. The molecule has 1 fully saturated rings. The smallest absolute Gasteiger partial charge is 0.405 e. The fourth-order valence-corrected chi connectivity index (χ4v) is 7.17. The van der Waals surface area contributed by atoms with Crippen LogP contribution in [0.1, 0.15) is 74.2 Å². The van der Waals surface area contributed by atoms with Crippen molar-refractivity contribution < 1.29 is 53.2 Å². The summed E-state index contributed by atoms with van der Waals surface area (Å²) >= 11 is 0. The van der Waals surface area contributed by atoms with E-state index >= 15 is 0 Å². The van der Waals surface area contributed by atoms with Crippen molar-refractivity contribution >= 4 is 35.4 Å². The van der Waals surface area contributed by atoms with Gasteiger partial charge < -0.3 is 45.7 Å². The number of ketones is 2. The van der Waals surface area contributed by atoms with E-state index in [0.29, 0.717) is 38.0 Å². The van der Waals surface area contributed by atoms with Crippen LogP contribution in [0.4, 0.5) is 4.79 Å². The van der Waals surface area contributed by atoms with Gasteiger partial charge in [-0.2, -0.15) is 0 Å². The second kappa shape index (κ2) is 20.1. The molecule has 0 saturated carbocycles. The van der Waals surface area contributed by atoms with Gasteiger partial charge in [-0.1, -0.05) is 38.2 Å². The van der Waals surface area contributed by atoms with Crippen LogP contribution in [-0.2, 0) is 28.6 Å². The van der Waals surface area contributed by atoms with Crippen molar-refractivity contribution in [1.82, 2.24) is 25.5 Å². The number of carboxylic acids is 1. The van der Waals surface area contributed by atoms with E-state index in [4.69, 9.17) is 19.9 Å². The molecular formula is C40H52N6O11. The van der Waals surface area contributed by atoms with E-state index in [0.717, 1.165) is 18.6 Å². The number of nitrogens with two attached hydrogens (primary N) is 1. The van der Waals surface area contributed by atoms with Crippen molar-refractivity contribution in [3.05, 3.63) is 82.3 Å². The maximum Gasteiger partial charge on any atom is 0.405 e. The summed E-state index contributed by atoms with van der Waals surface area (Å²) in [6, 6.07) is 0. The fraction of sp³-hybridized carbons (Fsp3) is 0.500. The minimum atomic E-state index is -1.30. The molecule has 6 atom stereocenters. The van der Waals surface area contributed by atoms with Crippen molar-refractivity contribution in [1.29, 1.82) is 0 Å². The van der Waals surface area contributed by atoms with Crippen LogP contribution < -0.4 is 16.4 Å². The Labute approximate surface area is 331 Å². The predicted octanol–water partition coefficient (Wildman–Crippen LogP) is 2.39. The average molecular weight is 793 g/mol. The van der Waals surface area contributed by atoms with Crippen molar-refractivity contribution in [2.75, 3.05) is 33.9 Å². The summed E-state index contributed by atoms with van der Waals surface area (Å²) in [5, 5.41) is 26.7. The molecule has 0 unspecified atom stereocenters. The quantitative estimate of drug-likeness (QED) is 0.187. The molecule has 1 saturated heterocycles. The number of nitrogens with one attached hydrogen (secondary N) is 2. The van der Waals surface area contributed by atoms with Crippen molar-refractivity contribution in [2.24, 2.45) is 23.5 Å². The van der Waals surface area contributed by atoms with Crippen LogP contribution in [0, 0.1) is 17.8 Å². The monoisotopic (exact) mass is 792 g/mol. The zero-order valence-electron chi connectivity index (χ0n) is 33.0. The largest absolute Gasteiger partial charge is 0.478 e. The Hall–Kier alpha value is -5.52. The predicted molar refractivity (Wildman–Crippen MR) is 205 cm³/mol. The van der Waals surface area contributed by atoms with Crippen LogP contribution in [0.5, 0.6) is 0 Å². The molecule has 3 heterocycles. The van der Waals surface area contributed by atoms with Crippen LogP contribution in [-0.4, -0.2) is 119 Å². The molecule has 0 radical (unpaired) electrons. The number of carbonyl (C=O) groups is 6. The summed E-state index contributed by atoms with van der Waals surface area (Å²) in [7, 11) is 2.88. The Morgan fingerprint density at radius 1 is 1.09 bits per heavy atom. The number of carboxylic acid groups (broad SMARTS) is 1. The summed E-state index contributed by atoms with van der Waals surface area (Å²) in [4.78, 5) is 86.9. The topological polar surface area (TPSA) is 250 Å². The van der Waals surface area contributed by atoms with E-state index in [1.165, 1.54) is 38.2 Å². The minimum Gasteiger partial charge on any atom is -0.478 e. The maximum atomic E-state index is 14.1. The zero-order chi connectivity index (χ0) is 42.0. The van der Waals surface area contributed by atoms with Gasteiger partial charge in [0.25, 0.3) is 11.8 Å². The number of carbonyl (C=O) groups excluding carboxylic acids is 5. The third kappa shape index (κ3) is 11.3. The number of amides is 3. The SMILES string of the molecule is CO[C@H]1/C=C\C=C(/C)C(=O)NC2=CC(=O)C(NCC3CCN(C(=O)c4ncncc4C(=O)O)CC3)=C(C[C@@H](C)C[C@H](OC)[C@H](O)[C@@H](C)/C=C(\C)[C@@H]1OC(N)=O)C2=O. The summed E-state index contributed by atoms with van der Waals surface area (Å²) in [6.45, 7) is 7.84. The lowest BCUT2D eigenvalue weighted by atomic mass is 9.85. The second-order valence-electron chi connectivity index (χ2n) is 14.6. The molecule has 1 aromatic rings. The normalized spacial score (nSPS) is 28.3. The Morgan fingerprint density at radius 2 is 1.79 bits per heavy atom. The minimum absolute atomic E-state index is 0.00211. The van der Waals surface area contributed by atoms with Gasteiger partial charge in [-0.05, 0) is 56.9 Å². The van der Waals surface area contributed by atoms with Gasteiger partial charge in [-0.25, -0.2) is 19.6 Å². The summed E-state index contributed by atoms with van der Waals surface area (Å²) < 4.78 is 16.7. The van der Waals surface area contributed by atoms with Gasteiger partial charge in [0.2, 0.25) is 11.6 Å². The number of allylic oxidation sites excluding steroid dienone is 4. The van der Waals surface area contributed by atoms with E-state index in [-0.39, 0.29) is 58.5 Å². The molecule has 3 amide bonds. The van der Waals surface area contributed by atoms with Crippen LogP contribution in [0.15, 0.2) is 71.0 Å². The highest BCUT2D eigenvalue weighted by atomic mass is 16.6. The number of methoxy groups -OCH3 is 2. The zero-order valence-corrected chi connectivity index (χ0v) is 33.0. The number of Topliss-reactive ketones (excluding diaryl/α,β-unsaturated/α-hetero) is 1. The van der Waals surface area contributed by atoms with Gasteiger partial charge in [0.15, 0.2) is 6.10 Å². The maximum absolute atomic E-state index is 14.1. The highest BCUT2D eigenvalue weighted by molar-refractivity contribution is 6.23. The van der Waals surface area contributed by atoms with Crippen molar-refractivity contribution in [3.8, 4) is 0 Å². The number of primary amides is 1. The Bertz CT molecular complexity index is 1880. The molecule has 308 valence electrons. The molecule has 1 aromatic heterocycles. The number of likely N-dealkylation sites (tertiary alicyclic amines) is 1. The number of aliphatic hydroxyl groups excluding tert-OH is 1. The average Bonchev–Trinajstić information content (AvgIpc) is 3.18. The Balaban J connectivity index is 1.60. The molecule has 1 aliphatic carbocycles. The first-order chi connectivity index (χ1) is 27.1. The first-order valence-electron chi connectivity index (χ1n) is 18.7. The van der Waals surface area contributed by atoms with Crippen molar-refractivity contribution in [2.45, 2.75) is 77.8 Å². The van der Waals surface area contributed by atoms with Crippen LogP contribution in [0.2, 0.25) is 0 Å². The number of aromatic carboxylic acids is 1. The number of fused-ring (bicyclic) bond motifs is 2. The van der Waals surface area contributed by atoms with Crippen molar-refractivity contribution in [3.63, 3.8) is 0 Å². The number of piperidine rings is 1. The van der Waals surface area contributed by atoms with Gasteiger partial charge in [0.1, 0.15) is 23.7 Å². The fourth-order valence-electron chi connectivity index (χ4n) is 7.17. The molecule has 6 N–H and O–H groups in total. The van der Waals surface area contributed by atoms with E-state index in [2.05, 4.69) is 20.6 Å². The third-order valence-electron chi connectivity index (χ3n) is 10.4. The summed E-state index contributed by atoms with van der Waals surface area (Å²) in [6.07, 6.45) is 6.54. The van der Waals surface area contributed by atoms with Crippen LogP contribution in [0.3, 0.4) is 0 Å². The number of rotatable bonds is 8. The highest BCUT2D eigenvalue weighted by Gasteiger charge is 2.35. The summed E-state index contributed by atoms with van der Waals surface area (Å²) in [5.41, 5.74) is 5.75. The number of nitrogens with zero attached hydrogens (tertiary/aromatic N) is 3. The molecule has 17 nitrogen and oxygen atoms in total. The van der Waals surface area contributed by atoms with Gasteiger partial charge in [-0.15, -0.1) is 0 Å². The van der Waals surface area contributed by atoms with Gasteiger partial charge in [0.05, 0.1) is 23.6 Å². The second-order valence-corrected chi connectivity index (χ2v) is 14.6. The third-order valence-corrected chi connectivity index (χ3v) is 10.4. The molecule has 17 heteroatoms. The molecule has 2 aliphatic heterocycles. The van der Waals surface area contributed by atoms with Gasteiger partial charge in [0, 0.05) is 63.2 Å². The lowest BCUT2D eigenvalue weighted by Crippen LogP contribution is -2.42. The number of aliphatic hydroxyl groups is 1. The lowest BCUT2D eigenvalue weighted by Gasteiger charge is -2.33. The molecule has 2 bridgehead atoms. The van der Waals surface area contributed by atoms with E-state index < -0.39 is 65.8 Å². The molecule has 4 rings (SSSR count). The first-order valence-corrected chi connectivity index (χ1v) is 18.7. The molecule has 0 spiro atoms. The molecule has 0 aromatic carbocycles.